The molecule has 0 fully saturated rings. The van der Waals surface area contributed by atoms with Gasteiger partial charge in [0.1, 0.15) is 0 Å². The summed E-state index contributed by atoms with van der Waals surface area (Å²) in [6.07, 6.45) is -0.671. The van der Waals surface area contributed by atoms with Gasteiger partial charge in [0.2, 0.25) is 0 Å². The van der Waals surface area contributed by atoms with Crippen molar-refractivity contribution in [3.05, 3.63) is 10.4 Å². The van der Waals surface area contributed by atoms with Crippen LogP contribution < -0.4 is 0 Å². The number of nitrogens with zero attached hydrogens (tertiary/aromatic N) is 3. The molecule has 0 rings (SSSR count). The molecule has 0 radical (unpaired) electrons. The van der Waals surface area contributed by atoms with Crippen LogP contribution in [-0.2, 0) is 18.4 Å². The minimum Gasteiger partial charge on any atom is -0.466 e. The average molecular weight is 418 g/mol. The molecule has 0 bridgehead atoms. The van der Waals surface area contributed by atoms with Crippen LogP contribution in [0.2, 0.25) is 36.3 Å². The van der Waals surface area contributed by atoms with Gasteiger partial charge in [-0.15, -0.1) is 0 Å². The number of carbonyl (C=O) groups is 1. The van der Waals surface area contributed by atoms with Gasteiger partial charge in [0.15, 0.2) is 22.7 Å². The van der Waals surface area contributed by atoms with E-state index in [1.807, 2.05) is 0 Å². The van der Waals surface area contributed by atoms with E-state index in [2.05, 4.69) is 77.8 Å². The van der Waals surface area contributed by atoms with Gasteiger partial charge in [0.05, 0.1) is 19.3 Å². The topological polar surface area (TPSA) is 93.5 Å². The molecular weight excluding hydrogens is 378 g/mol. The maximum absolute atomic E-state index is 12.4. The third-order valence-corrected chi connectivity index (χ3v) is 14.7. The van der Waals surface area contributed by atoms with Crippen molar-refractivity contribution in [3.63, 3.8) is 0 Å². The molecule has 0 aromatic rings. The Labute approximate surface area is 167 Å². The van der Waals surface area contributed by atoms with E-state index in [-0.39, 0.29) is 23.3 Å². The summed E-state index contributed by atoms with van der Waals surface area (Å²) in [7, 11) is -4.29. The lowest BCUT2D eigenvalue weighted by molar-refractivity contribution is -0.147. The molecule has 158 valence electrons. The lowest BCUT2D eigenvalue weighted by Gasteiger charge is -2.42. The molecule has 0 spiro atoms. The Morgan fingerprint density at radius 3 is 1.89 bits per heavy atom. The van der Waals surface area contributed by atoms with E-state index in [0.717, 1.165) is 0 Å². The Balaban J connectivity index is 5.80. The fourth-order valence-electron chi connectivity index (χ4n) is 1.81. The number of rotatable bonds is 9. The molecule has 0 N–H and O–H groups in total. The summed E-state index contributed by atoms with van der Waals surface area (Å²) >= 11 is 0. The Morgan fingerprint density at radius 2 is 1.52 bits per heavy atom. The SMILES string of the molecule is CCOC(=O)[C@@H](N=[N+]=[N-])[C@H](CO[Si](C)(C)C(C)(C)C)O[Si](C)(C)C(C)(C)C. The van der Waals surface area contributed by atoms with E-state index in [9.17, 15) is 4.79 Å². The molecule has 0 aliphatic rings. The summed E-state index contributed by atoms with van der Waals surface area (Å²) in [5.41, 5.74) is 8.99. The summed E-state index contributed by atoms with van der Waals surface area (Å²) < 4.78 is 17.9. The third-order valence-electron chi connectivity index (χ3n) is 5.72. The van der Waals surface area contributed by atoms with Gasteiger partial charge in [-0.25, -0.2) is 0 Å². The standard InChI is InChI=1S/C18H39N3O4Si2/c1-12-23-16(22)15(20-21-19)14(25-27(10,11)18(5,6)7)13-24-26(8,9)17(2,3)4/h14-15H,12-13H2,1-11H3/t14-,15-/m0/s1. The Hall–Kier alpha value is -0.866. The fourth-order valence-corrected chi connectivity index (χ4v) is 4.13. The van der Waals surface area contributed by atoms with E-state index in [1.54, 1.807) is 6.92 Å². The van der Waals surface area contributed by atoms with Gasteiger partial charge in [-0.2, -0.15) is 0 Å². The largest absolute Gasteiger partial charge is 0.466 e. The Bertz CT molecular complexity index is 548. The van der Waals surface area contributed by atoms with Crippen LogP contribution in [0.5, 0.6) is 0 Å². The second-order valence-corrected chi connectivity index (χ2v) is 19.5. The first-order chi connectivity index (χ1) is 12.0. The van der Waals surface area contributed by atoms with Crippen molar-refractivity contribution in [2.45, 2.75) is 96.9 Å². The van der Waals surface area contributed by atoms with Gasteiger partial charge in [-0.3, -0.25) is 4.79 Å². The zero-order valence-electron chi connectivity index (χ0n) is 19.0. The highest BCUT2D eigenvalue weighted by molar-refractivity contribution is 6.74. The van der Waals surface area contributed by atoms with E-state index in [1.165, 1.54) is 0 Å². The van der Waals surface area contributed by atoms with E-state index in [4.69, 9.17) is 19.1 Å². The second-order valence-electron chi connectivity index (χ2n) is 9.89. The summed E-state index contributed by atoms with van der Waals surface area (Å²) in [4.78, 5) is 15.3. The van der Waals surface area contributed by atoms with Crippen LogP contribution in [0.25, 0.3) is 10.4 Å². The monoisotopic (exact) mass is 417 g/mol. The van der Waals surface area contributed by atoms with E-state index >= 15 is 0 Å². The van der Waals surface area contributed by atoms with Gasteiger partial charge in [-0.1, -0.05) is 46.7 Å². The van der Waals surface area contributed by atoms with Gasteiger partial charge < -0.3 is 13.6 Å². The number of ether oxygens (including phenoxy) is 1. The molecule has 0 saturated heterocycles. The molecule has 0 saturated carbocycles. The molecule has 0 aliphatic carbocycles. The first-order valence-corrected chi connectivity index (χ1v) is 15.3. The van der Waals surface area contributed by atoms with Crippen molar-refractivity contribution >= 4 is 22.6 Å². The molecule has 7 nitrogen and oxygen atoms in total. The molecule has 0 aromatic heterocycles. The first-order valence-electron chi connectivity index (χ1n) is 9.53. The van der Waals surface area contributed by atoms with Crippen molar-refractivity contribution in [1.29, 1.82) is 0 Å². The lowest BCUT2D eigenvalue weighted by Crippen LogP contribution is -2.52. The smallest absolute Gasteiger partial charge is 0.317 e. The summed E-state index contributed by atoms with van der Waals surface area (Å²) in [5.74, 6) is -0.571. The Morgan fingerprint density at radius 1 is 1.04 bits per heavy atom. The van der Waals surface area contributed by atoms with Crippen LogP contribution in [0.1, 0.15) is 48.5 Å². The maximum atomic E-state index is 12.4. The predicted octanol–water partition coefficient (Wildman–Crippen LogP) is 5.64. The minimum atomic E-state index is -2.23. The van der Waals surface area contributed by atoms with Crippen molar-refractivity contribution < 1.29 is 18.4 Å². The third kappa shape index (κ3) is 7.58. The van der Waals surface area contributed by atoms with Gasteiger partial charge in [-0.05, 0) is 48.7 Å². The van der Waals surface area contributed by atoms with Crippen LogP contribution in [0.15, 0.2) is 5.11 Å². The normalized spacial score (nSPS) is 15.7. The van der Waals surface area contributed by atoms with Crippen molar-refractivity contribution in [2.24, 2.45) is 5.11 Å². The highest BCUT2D eigenvalue weighted by Crippen LogP contribution is 2.39. The molecule has 2 atom stereocenters. The van der Waals surface area contributed by atoms with E-state index < -0.39 is 34.7 Å². The number of carbonyl (C=O) groups excluding carboxylic acids is 1. The zero-order chi connectivity index (χ0) is 21.7. The van der Waals surface area contributed by atoms with Crippen molar-refractivity contribution in [1.82, 2.24) is 0 Å². The van der Waals surface area contributed by atoms with Crippen LogP contribution in [0.4, 0.5) is 0 Å². The summed E-state index contributed by atoms with van der Waals surface area (Å²) in [6, 6.07) is -1.06. The summed E-state index contributed by atoms with van der Waals surface area (Å²) in [5, 5.41) is 3.67. The molecular formula is C18H39N3O4Si2. The van der Waals surface area contributed by atoms with Crippen LogP contribution in [0, 0.1) is 0 Å². The number of azide groups is 1. The van der Waals surface area contributed by atoms with Crippen molar-refractivity contribution in [2.75, 3.05) is 13.2 Å². The number of hydrogen-bond acceptors (Lipinski definition) is 5. The van der Waals surface area contributed by atoms with Gasteiger partial charge in [0.25, 0.3) is 0 Å². The Kier molecular flexibility index (Phi) is 9.25. The van der Waals surface area contributed by atoms with E-state index in [0.29, 0.717) is 0 Å². The van der Waals surface area contributed by atoms with Crippen molar-refractivity contribution in [3.8, 4) is 0 Å². The molecule has 9 heteroatoms. The quantitative estimate of drug-likeness (QED) is 0.159. The van der Waals surface area contributed by atoms with Gasteiger partial charge in [0, 0.05) is 4.91 Å². The minimum absolute atomic E-state index is 0.0203. The van der Waals surface area contributed by atoms with Crippen LogP contribution >= 0.6 is 0 Å². The average Bonchev–Trinajstić information content (AvgIpc) is 2.47. The van der Waals surface area contributed by atoms with Crippen LogP contribution in [0.3, 0.4) is 0 Å². The predicted molar refractivity (Wildman–Crippen MR) is 115 cm³/mol. The van der Waals surface area contributed by atoms with Crippen LogP contribution in [-0.4, -0.2) is 48.0 Å². The zero-order valence-corrected chi connectivity index (χ0v) is 21.0. The molecule has 0 unspecified atom stereocenters. The lowest BCUT2D eigenvalue weighted by atomic mass is 10.2. The molecule has 0 aromatic carbocycles. The molecule has 0 aliphatic heterocycles. The molecule has 0 amide bonds. The molecule has 0 heterocycles. The maximum Gasteiger partial charge on any atom is 0.317 e. The second kappa shape index (κ2) is 9.56. The highest BCUT2D eigenvalue weighted by atomic mass is 28.4. The highest BCUT2D eigenvalue weighted by Gasteiger charge is 2.44. The summed E-state index contributed by atoms with van der Waals surface area (Å²) in [6.45, 7) is 23.5. The molecule has 27 heavy (non-hydrogen) atoms. The fraction of sp³-hybridized carbons (Fsp3) is 0.944. The first kappa shape index (κ1) is 26.1. The number of hydrogen-bond donors (Lipinski definition) is 0. The van der Waals surface area contributed by atoms with Gasteiger partial charge >= 0.3 is 5.97 Å². The number of esters is 1.